The number of pyridine rings is 1. The van der Waals surface area contributed by atoms with Gasteiger partial charge < -0.3 is 15.5 Å². The largest absolute Gasteiger partial charge is 0.354 e. The number of hydrogen-bond donors (Lipinski definition) is 2. The Balaban J connectivity index is 1.45. The predicted octanol–water partition coefficient (Wildman–Crippen LogP) is 3.38. The highest BCUT2D eigenvalue weighted by Gasteiger charge is 2.26. The topological polar surface area (TPSA) is 74.6 Å². The number of amides is 2. The fourth-order valence-electron chi connectivity index (χ4n) is 3.44. The van der Waals surface area contributed by atoms with Crippen LogP contribution in [0, 0.1) is 0 Å². The van der Waals surface area contributed by atoms with E-state index in [1.165, 1.54) is 0 Å². The molecule has 0 unspecified atom stereocenters. The molecule has 2 N–H and O–H groups in total. The number of carbonyl (C=O) groups is 1. The molecule has 2 amide bonds. The molecule has 0 aliphatic carbocycles. The molecule has 1 aliphatic heterocycles. The highest BCUT2D eigenvalue weighted by molar-refractivity contribution is 5.74. The van der Waals surface area contributed by atoms with Gasteiger partial charge in [0.1, 0.15) is 0 Å². The molecule has 140 valence electrons. The average Bonchev–Trinajstić information content (AvgIpc) is 3.12. The van der Waals surface area contributed by atoms with Crippen LogP contribution in [0.3, 0.4) is 0 Å². The van der Waals surface area contributed by atoms with Gasteiger partial charge in [0.15, 0.2) is 11.5 Å². The van der Waals surface area contributed by atoms with Gasteiger partial charge in [0, 0.05) is 31.2 Å². The molecule has 1 fully saturated rings. The number of hydrogen-bond acceptors (Lipinski definition) is 4. The minimum absolute atomic E-state index is 0.0236. The fraction of sp³-hybridized carbons (Fsp3) is 0.350. The summed E-state index contributed by atoms with van der Waals surface area (Å²) in [5.41, 5.74) is 2.85. The Morgan fingerprint density at radius 3 is 2.63 bits per heavy atom. The number of rotatable bonds is 4. The molecule has 3 heterocycles. The molecule has 4 rings (SSSR count). The number of nitrogens with zero attached hydrogens (tertiary/aromatic N) is 4. The van der Waals surface area contributed by atoms with Gasteiger partial charge in [0.25, 0.3) is 0 Å². The first-order valence-electron chi connectivity index (χ1n) is 9.44. The third-order valence-electron chi connectivity index (χ3n) is 4.89. The molecular weight excluding hydrogens is 340 g/mol. The second-order valence-corrected chi connectivity index (χ2v) is 6.78. The lowest BCUT2D eigenvalue weighted by atomic mass is 9.96. The maximum Gasteiger partial charge on any atom is 0.317 e. The molecule has 1 aromatic carbocycles. The molecule has 1 aliphatic rings. The zero-order valence-corrected chi connectivity index (χ0v) is 15.4. The van der Waals surface area contributed by atoms with Gasteiger partial charge in [-0.1, -0.05) is 18.2 Å². The van der Waals surface area contributed by atoms with Crippen molar-refractivity contribution < 1.29 is 4.79 Å². The Morgan fingerprint density at radius 2 is 1.89 bits per heavy atom. The zero-order valence-electron chi connectivity index (χ0n) is 15.4. The average molecular weight is 364 g/mol. The highest BCUT2D eigenvalue weighted by atomic mass is 16.2. The van der Waals surface area contributed by atoms with Gasteiger partial charge in [0.05, 0.1) is 11.9 Å². The van der Waals surface area contributed by atoms with Gasteiger partial charge in [-0.25, -0.2) is 14.3 Å². The first-order valence-corrected chi connectivity index (χ1v) is 9.44. The number of aromatic nitrogens is 3. The SMILES string of the molecule is CCNC(=O)N1CCC(c2nc3ccc(Nc4ccccc4)cn3n2)CC1. The van der Waals surface area contributed by atoms with E-state index < -0.39 is 0 Å². The van der Waals surface area contributed by atoms with Gasteiger partial charge in [-0.2, -0.15) is 5.10 Å². The maximum atomic E-state index is 11.9. The summed E-state index contributed by atoms with van der Waals surface area (Å²) in [6, 6.07) is 14.1. The Hall–Kier alpha value is -3.09. The molecule has 0 spiro atoms. The first kappa shape index (κ1) is 17.3. The van der Waals surface area contributed by atoms with Crippen LogP contribution in [-0.4, -0.2) is 45.2 Å². The van der Waals surface area contributed by atoms with Crippen molar-refractivity contribution in [2.75, 3.05) is 25.0 Å². The van der Waals surface area contributed by atoms with Crippen LogP contribution in [0.4, 0.5) is 16.2 Å². The van der Waals surface area contributed by atoms with Crippen LogP contribution < -0.4 is 10.6 Å². The normalized spacial score (nSPS) is 15.1. The smallest absolute Gasteiger partial charge is 0.317 e. The number of urea groups is 1. The van der Waals surface area contributed by atoms with E-state index in [4.69, 9.17) is 10.1 Å². The van der Waals surface area contributed by atoms with E-state index in [1.807, 2.05) is 65.0 Å². The molecule has 3 aromatic rings. The van der Waals surface area contributed by atoms with Crippen molar-refractivity contribution >= 4 is 23.1 Å². The first-order chi connectivity index (χ1) is 13.2. The quantitative estimate of drug-likeness (QED) is 0.744. The lowest BCUT2D eigenvalue weighted by molar-refractivity contribution is 0.181. The Labute approximate surface area is 158 Å². The van der Waals surface area contributed by atoms with Crippen molar-refractivity contribution in [3.05, 3.63) is 54.5 Å². The number of anilines is 2. The lowest BCUT2D eigenvalue weighted by Crippen LogP contribution is -2.44. The van der Waals surface area contributed by atoms with Gasteiger partial charge in [-0.05, 0) is 44.0 Å². The van der Waals surface area contributed by atoms with Crippen LogP contribution in [0.15, 0.2) is 48.7 Å². The summed E-state index contributed by atoms with van der Waals surface area (Å²) in [5, 5.41) is 10.9. The molecule has 2 aromatic heterocycles. The van der Waals surface area contributed by atoms with Crippen LogP contribution in [0.25, 0.3) is 5.65 Å². The minimum Gasteiger partial charge on any atom is -0.354 e. The molecule has 0 atom stereocenters. The van der Waals surface area contributed by atoms with Crippen molar-refractivity contribution in [3.63, 3.8) is 0 Å². The molecule has 0 bridgehead atoms. The number of fused-ring (bicyclic) bond motifs is 1. The van der Waals surface area contributed by atoms with Gasteiger partial charge in [-0.15, -0.1) is 0 Å². The van der Waals surface area contributed by atoms with Crippen LogP contribution in [0.5, 0.6) is 0 Å². The molecular formula is C20H24N6O. The molecule has 1 saturated heterocycles. The highest BCUT2D eigenvalue weighted by Crippen LogP contribution is 2.26. The maximum absolute atomic E-state index is 11.9. The Bertz CT molecular complexity index is 915. The number of piperidine rings is 1. The summed E-state index contributed by atoms with van der Waals surface area (Å²) >= 11 is 0. The summed E-state index contributed by atoms with van der Waals surface area (Å²) in [4.78, 5) is 18.5. The molecule has 7 nitrogen and oxygen atoms in total. The molecule has 0 saturated carbocycles. The van der Waals surface area contributed by atoms with Crippen LogP contribution in [-0.2, 0) is 0 Å². The zero-order chi connectivity index (χ0) is 18.6. The van der Waals surface area contributed by atoms with Crippen molar-refractivity contribution in [3.8, 4) is 0 Å². The van der Waals surface area contributed by atoms with Crippen molar-refractivity contribution in [1.29, 1.82) is 0 Å². The third-order valence-corrected chi connectivity index (χ3v) is 4.89. The Kier molecular flexibility index (Phi) is 4.91. The van der Waals surface area contributed by atoms with Gasteiger partial charge >= 0.3 is 6.03 Å². The van der Waals surface area contributed by atoms with E-state index in [2.05, 4.69) is 10.6 Å². The van der Waals surface area contributed by atoms with E-state index in [0.717, 1.165) is 48.8 Å². The predicted molar refractivity (Wildman–Crippen MR) is 105 cm³/mol. The van der Waals surface area contributed by atoms with Crippen molar-refractivity contribution in [2.24, 2.45) is 0 Å². The number of benzene rings is 1. The summed E-state index contributed by atoms with van der Waals surface area (Å²) in [5.74, 6) is 1.16. The van der Waals surface area contributed by atoms with Crippen molar-refractivity contribution in [2.45, 2.75) is 25.7 Å². The molecule has 0 radical (unpaired) electrons. The molecule has 27 heavy (non-hydrogen) atoms. The summed E-state index contributed by atoms with van der Waals surface area (Å²) < 4.78 is 1.83. The number of likely N-dealkylation sites (tertiary alicyclic amines) is 1. The van der Waals surface area contributed by atoms with Gasteiger partial charge in [0.2, 0.25) is 0 Å². The Morgan fingerprint density at radius 1 is 1.11 bits per heavy atom. The summed E-state index contributed by atoms with van der Waals surface area (Å²) in [6.45, 7) is 4.08. The van der Waals surface area contributed by atoms with Crippen LogP contribution in [0.1, 0.15) is 31.5 Å². The lowest BCUT2D eigenvalue weighted by Gasteiger charge is -2.30. The summed E-state index contributed by atoms with van der Waals surface area (Å²) in [7, 11) is 0. The third kappa shape index (κ3) is 3.86. The monoisotopic (exact) mass is 364 g/mol. The van der Waals surface area contributed by atoms with E-state index in [0.29, 0.717) is 12.5 Å². The second-order valence-electron chi connectivity index (χ2n) is 6.78. The standard InChI is InChI=1S/C20H24N6O/c1-2-21-20(27)25-12-10-15(11-13-25)19-23-18-9-8-17(14-26(18)24-19)22-16-6-4-3-5-7-16/h3-9,14-15,22H,2,10-13H2,1H3,(H,21,27). The van der Waals surface area contributed by atoms with Crippen LogP contribution in [0.2, 0.25) is 0 Å². The fourth-order valence-corrected chi connectivity index (χ4v) is 3.44. The second kappa shape index (κ2) is 7.65. The van der Waals surface area contributed by atoms with E-state index in [-0.39, 0.29) is 6.03 Å². The van der Waals surface area contributed by atoms with E-state index in [9.17, 15) is 4.79 Å². The minimum atomic E-state index is 0.0236. The number of carbonyl (C=O) groups excluding carboxylic acids is 1. The summed E-state index contributed by atoms with van der Waals surface area (Å²) in [6.07, 6.45) is 3.74. The van der Waals surface area contributed by atoms with Crippen LogP contribution >= 0.6 is 0 Å². The van der Waals surface area contributed by atoms with E-state index in [1.54, 1.807) is 0 Å². The van der Waals surface area contributed by atoms with Crippen molar-refractivity contribution in [1.82, 2.24) is 24.8 Å². The van der Waals surface area contributed by atoms with Gasteiger partial charge in [-0.3, -0.25) is 0 Å². The number of para-hydroxylation sites is 1. The van der Waals surface area contributed by atoms with E-state index >= 15 is 0 Å². The molecule has 7 heteroatoms. The number of nitrogens with one attached hydrogen (secondary N) is 2.